The molecule has 0 aromatic carbocycles. The van der Waals surface area contributed by atoms with Crippen molar-refractivity contribution in [3.8, 4) is 0 Å². The molecule has 0 saturated carbocycles. The Morgan fingerprint density at radius 2 is 2.40 bits per heavy atom. The number of rotatable bonds is 5. The fourth-order valence-electron chi connectivity index (χ4n) is 2.53. The van der Waals surface area contributed by atoms with Crippen molar-refractivity contribution < 1.29 is 14.3 Å². The third kappa shape index (κ3) is 4.30. The Bertz CT molecular complexity index is 456. The standard InChI is InChI=1S/C14H23N3O3/c1-4-19-13(18)8-11-9-17(16-15-11)10-12-6-5-7-14(2,3)20-12/h9,12H,4-8,10H2,1-3H3. The molecule has 1 atom stereocenters. The lowest BCUT2D eigenvalue weighted by atomic mass is 9.95. The molecule has 0 bridgehead atoms. The van der Waals surface area contributed by atoms with Crippen molar-refractivity contribution in [2.24, 2.45) is 0 Å². The van der Waals surface area contributed by atoms with Gasteiger partial charge in [-0.05, 0) is 40.0 Å². The summed E-state index contributed by atoms with van der Waals surface area (Å²) in [6.07, 6.45) is 5.43. The van der Waals surface area contributed by atoms with E-state index < -0.39 is 0 Å². The minimum Gasteiger partial charge on any atom is -0.466 e. The summed E-state index contributed by atoms with van der Waals surface area (Å²) in [7, 11) is 0. The SMILES string of the molecule is CCOC(=O)Cc1cn(CC2CCCC(C)(C)O2)nn1. The zero-order valence-corrected chi connectivity index (χ0v) is 12.5. The minimum atomic E-state index is -0.269. The number of nitrogens with zero attached hydrogens (tertiary/aromatic N) is 3. The molecule has 1 aliphatic rings. The van der Waals surface area contributed by atoms with Gasteiger partial charge in [-0.2, -0.15) is 0 Å². The van der Waals surface area contributed by atoms with Crippen molar-refractivity contribution in [3.05, 3.63) is 11.9 Å². The summed E-state index contributed by atoms with van der Waals surface area (Å²) in [6.45, 7) is 7.09. The van der Waals surface area contributed by atoms with Gasteiger partial charge in [0.1, 0.15) is 0 Å². The van der Waals surface area contributed by atoms with E-state index in [0.717, 1.165) is 12.8 Å². The highest BCUT2D eigenvalue weighted by Gasteiger charge is 2.28. The van der Waals surface area contributed by atoms with Gasteiger partial charge >= 0.3 is 5.97 Å². The van der Waals surface area contributed by atoms with Crippen molar-refractivity contribution in [2.45, 2.75) is 64.7 Å². The molecule has 1 fully saturated rings. The molecule has 2 heterocycles. The lowest BCUT2D eigenvalue weighted by Gasteiger charge is -2.35. The van der Waals surface area contributed by atoms with Crippen LogP contribution in [0.3, 0.4) is 0 Å². The Morgan fingerprint density at radius 1 is 1.60 bits per heavy atom. The van der Waals surface area contributed by atoms with Gasteiger partial charge in [-0.15, -0.1) is 5.10 Å². The van der Waals surface area contributed by atoms with Gasteiger partial charge in [0.05, 0.1) is 37.0 Å². The van der Waals surface area contributed by atoms with Gasteiger partial charge in [0, 0.05) is 6.20 Å². The molecule has 2 rings (SSSR count). The molecule has 0 radical (unpaired) electrons. The average Bonchev–Trinajstić information content (AvgIpc) is 2.75. The first-order chi connectivity index (χ1) is 9.48. The predicted octanol–water partition coefficient (Wildman–Crippen LogP) is 1.73. The molecule has 1 aromatic heterocycles. The van der Waals surface area contributed by atoms with E-state index in [4.69, 9.17) is 9.47 Å². The summed E-state index contributed by atoms with van der Waals surface area (Å²) in [5.41, 5.74) is 0.579. The second-order valence-corrected chi connectivity index (χ2v) is 5.81. The fraction of sp³-hybridized carbons (Fsp3) is 0.786. The predicted molar refractivity (Wildman–Crippen MR) is 73.2 cm³/mol. The first-order valence-electron chi connectivity index (χ1n) is 7.21. The molecule has 0 N–H and O–H groups in total. The number of carbonyl (C=O) groups is 1. The van der Waals surface area contributed by atoms with Crippen molar-refractivity contribution in [3.63, 3.8) is 0 Å². The second-order valence-electron chi connectivity index (χ2n) is 5.81. The van der Waals surface area contributed by atoms with Crippen molar-refractivity contribution in [1.29, 1.82) is 0 Å². The molecule has 6 heteroatoms. The van der Waals surface area contributed by atoms with Crippen molar-refractivity contribution in [1.82, 2.24) is 15.0 Å². The van der Waals surface area contributed by atoms with Crippen LogP contribution in [0.2, 0.25) is 0 Å². The van der Waals surface area contributed by atoms with E-state index in [1.807, 2.05) is 0 Å². The van der Waals surface area contributed by atoms with Gasteiger partial charge in [0.25, 0.3) is 0 Å². The maximum atomic E-state index is 11.4. The van der Waals surface area contributed by atoms with Crippen molar-refractivity contribution >= 4 is 5.97 Å². The molecule has 112 valence electrons. The van der Waals surface area contributed by atoms with Gasteiger partial charge in [-0.25, -0.2) is 4.68 Å². The molecule has 0 spiro atoms. The molecule has 0 amide bonds. The Balaban J connectivity index is 1.88. The smallest absolute Gasteiger partial charge is 0.311 e. The van der Waals surface area contributed by atoms with Crippen LogP contribution in [0, 0.1) is 0 Å². The van der Waals surface area contributed by atoms with Gasteiger partial charge in [0.2, 0.25) is 0 Å². The third-order valence-corrected chi connectivity index (χ3v) is 3.40. The summed E-state index contributed by atoms with van der Waals surface area (Å²) >= 11 is 0. The van der Waals surface area contributed by atoms with E-state index in [0.29, 0.717) is 18.8 Å². The number of esters is 1. The van der Waals surface area contributed by atoms with Crippen LogP contribution < -0.4 is 0 Å². The quantitative estimate of drug-likeness (QED) is 0.769. The molecule has 1 saturated heterocycles. The third-order valence-electron chi connectivity index (χ3n) is 3.40. The Hall–Kier alpha value is -1.43. The van der Waals surface area contributed by atoms with E-state index >= 15 is 0 Å². The molecule has 1 aliphatic heterocycles. The summed E-state index contributed by atoms with van der Waals surface area (Å²) < 4.78 is 12.7. The van der Waals surface area contributed by atoms with E-state index in [9.17, 15) is 4.79 Å². The van der Waals surface area contributed by atoms with Crippen LogP contribution in [0.1, 0.15) is 45.7 Å². The minimum absolute atomic E-state index is 0.0583. The fourth-order valence-corrected chi connectivity index (χ4v) is 2.53. The molecule has 20 heavy (non-hydrogen) atoms. The first-order valence-corrected chi connectivity index (χ1v) is 7.21. The van der Waals surface area contributed by atoms with Crippen LogP contribution in [0.15, 0.2) is 6.20 Å². The summed E-state index contributed by atoms with van der Waals surface area (Å²) in [4.78, 5) is 11.4. The maximum Gasteiger partial charge on any atom is 0.311 e. The number of ether oxygens (including phenoxy) is 2. The van der Waals surface area contributed by atoms with E-state index in [2.05, 4.69) is 24.2 Å². The highest BCUT2D eigenvalue weighted by molar-refractivity contribution is 5.71. The zero-order chi connectivity index (χ0) is 14.6. The molecule has 1 unspecified atom stereocenters. The summed E-state index contributed by atoms with van der Waals surface area (Å²) in [6, 6.07) is 0. The van der Waals surface area contributed by atoms with Crippen LogP contribution in [-0.4, -0.2) is 39.3 Å². The number of carbonyl (C=O) groups excluding carboxylic acids is 1. The number of hydrogen-bond donors (Lipinski definition) is 0. The highest BCUT2D eigenvalue weighted by Crippen LogP contribution is 2.28. The number of aromatic nitrogens is 3. The van der Waals surface area contributed by atoms with Gasteiger partial charge in [-0.3, -0.25) is 4.79 Å². The Labute approximate surface area is 119 Å². The van der Waals surface area contributed by atoms with Crippen LogP contribution >= 0.6 is 0 Å². The normalized spacial score (nSPS) is 21.6. The lowest BCUT2D eigenvalue weighted by Crippen LogP contribution is -2.37. The Kier molecular flexibility index (Phi) is 4.75. The second kappa shape index (κ2) is 6.35. The van der Waals surface area contributed by atoms with E-state index in [1.54, 1.807) is 17.8 Å². The highest BCUT2D eigenvalue weighted by atomic mass is 16.5. The first kappa shape index (κ1) is 15.0. The largest absolute Gasteiger partial charge is 0.466 e. The molecule has 1 aromatic rings. The van der Waals surface area contributed by atoms with Crippen LogP contribution in [-0.2, 0) is 27.2 Å². The van der Waals surface area contributed by atoms with Crippen LogP contribution in [0.25, 0.3) is 0 Å². The van der Waals surface area contributed by atoms with Gasteiger partial charge in [0.15, 0.2) is 0 Å². The van der Waals surface area contributed by atoms with Crippen LogP contribution in [0.4, 0.5) is 0 Å². The monoisotopic (exact) mass is 281 g/mol. The average molecular weight is 281 g/mol. The van der Waals surface area contributed by atoms with E-state index in [1.165, 1.54) is 6.42 Å². The van der Waals surface area contributed by atoms with Gasteiger partial charge in [-0.1, -0.05) is 5.21 Å². The molecular formula is C14H23N3O3. The van der Waals surface area contributed by atoms with Gasteiger partial charge < -0.3 is 9.47 Å². The van der Waals surface area contributed by atoms with Crippen LogP contribution in [0.5, 0.6) is 0 Å². The summed E-state index contributed by atoms with van der Waals surface area (Å²) in [5.74, 6) is -0.269. The van der Waals surface area contributed by atoms with Crippen molar-refractivity contribution in [2.75, 3.05) is 6.61 Å². The van der Waals surface area contributed by atoms with E-state index in [-0.39, 0.29) is 24.1 Å². The molecule has 0 aliphatic carbocycles. The zero-order valence-electron chi connectivity index (χ0n) is 12.5. The molecule has 6 nitrogen and oxygen atoms in total. The maximum absolute atomic E-state index is 11.4. The summed E-state index contributed by atoms with van der Waals surface area (Å²) in [5, 5.41) is 8.05. The lowest BCUT2D eigenvalue weighted by molar-refractivity contribution is -0.142. The Morgan fingerprint density at radius 3 is 3.10 bits per heavy atom. The molecular weight excluding hydrogens is 258 g/mol. The number of hydrogen-bond acceptors (Lipinski definition) is 5. The topological polar surface area (TPSA) is 66.2 Å².